The summed E-state index contributed by atoms with van der Waals surface area (Å²) in [5, 5.41) is 3.41. The number of benzene rings is 2. The van der Waals surface area contributed by atoms with E-state index in [2.05, 4.69) is 15.3 Å². The Hall–Kier alpha value is -4.33. The van der Waals surface area contributed by atoms with Gasteiger partial charge in [-0.05, 0) is 47.0 Å². The molecule has 2 aromatic heterocycles. The molecule has 0 radical (unpaired) electrons. The third-order valence-electron chi connectivity index (χ3n) is 5.23. The van der Waals surface area contributed by atoms with Gasteiger partial charge in [-0.15, -0.1) is 0 Å². The van der Waals surface area contributed by atoms with Crippen molar-refractivity contribution in [2.45, 2.75) is 26.4 Å². The average molecular weight is 459 g/mol. The van der Waals surface area contributed by atoms with Gasteiger partial charge in [-0.1, -0.05) is 31.2 Å². The van der Waals surface area contributed by atoms with Crippen LogP contribution in [-0.2, 0) is 32.1 Å². The topological polar surface area (TPSA) is 101 Å². The number of carbonyl (C=O) groups excluding carboxylic acids is 3. The van der Waals surface area contributed by atoms with Gasteiger partial charge in [0.25, 0.3) is 5.91 Å². The van der Waals surface area contributed by atoms with E-state index in [4.69, 9.17) is 4.74 Å². The Labute approximate surface area is 195 Å². The van der Waals surface area contributed by atoms with Crippen molar-refractivity contribution in [1.29, 1.82) is 0 Å². The highest BCUT2D eigenvalue weighted by Gasteiger charge is 2.14. The Bertz CT molecular complexity index is 1380. The first kappa shape index (κ1) is 22.8. The molecule has 0 saturated carbocycles. The van der Waals surface area contributed by atoms with E-state index >= 15 is 0 Å². The lowest BCUT2D eigenvalue weighted by Crippen LogP contribution is -2.21. The normalized spacial score (nSPS) is 10.8. The standard InChI is InChI=1S/C26H22FN3O4/c1-2-23(31)26(33)30-20-8-4-6-18(12-20)22-14-29-25-21(22)10-17(13-28-25)11-24(32)34-15-16-5-3-7-19(27)9-16/h3-10,12-14H,2,11,15H2,1H3,(H,28,29)(H,30,33). The number of anilines is 1. The minimum atomic E-state index is -0.653. The quantitative estimate of drug-likeness (QED) is 0.297. The van der Waals surface area contributed by atoms with E-state index in [-0.39, 0.29) is 25.3 Å². The molecule has 7 nitrogen and oxygen atoms in total. The molecule has 2 aromatic carbocycles. The predicted molar refractivity (Wildman–Crippen MR) is 125 cm³/mol. The van der Waals surface area contributed by atoms with Crippen molar-refractivity contribution < 1.29 is 23.5 Å². The largest absolute Gasteiger partial charge is 0.461 e. The van der Waals surface area contributed by atoms with Crippen LogP contribution in [0.3, 0.4) is 0 Å². The molecule has 0 saturated heterocycles. The maximum Gasteiger partial charge on any atom is 0.310 e. The van der Waals surface area contributed by atoms with Crippen LogP contribution < -0.4 is 5.32 Å². The van der Waals surface area contributed by atoms with Crippen LogP contribution in [0, 0.1) is 5.82 Å². The maximum absolute atomic E-state index is 13.3. The number of H-pyrrole nitrogens is 1. The summed E-state index contributed by atoms with van der Waals surface area (Å²) in [7, 11) is 0. The van der Waals surface area contributed by atoms with Crippen LogP contribution in [0.5, 0.6) is 0 Å². The monoisotopic (exact) mass is 459 g/mol. The number of esters is 1. The molecule has 34 heavy (non-hydrogen) atoms. The van der Waals surface area contributed by atoms with Gasteiger partial charge in [0, 0.05) is 35.5 Å². The molecule has 4 rings (SSSR count). The molecule has 2 N–H and O–H groups in total. The van der Waals surface area contributed by atoms with Crippen molar-refractivity contribution in [2.24, 2.45) is 0 Å². The number of halogens is 1. The minimum absolute atomic E-state index is 0.0120. The van der Waals surface area contributed by atoms with Crippen molar-refractivity contribution in [3.63, 3.8) is 0 Å². The van der Waals surface area contributed by atoms with Gasteiger partial charge in [0.05, 0.1) is 6.42 Å². The number of pyridine rings is 1. The number of hydrogen-bond donors (Lipinski definition) is 2. The Morgan fingerprint density at radius 2 is 1.88 bits per heavy atom. The summed E-state index contributed by atoms with van der Waals surface area (Å²) in [6.45, 7) is 1.62. The minimum Gasteiger partial charge on any atom is -0.461 e. The highest BCUT2D eigenvalue weighted by atomic mass is 19.1. The second kappa shape index (κ2) is 10.1. The lowest BCUT2D eigenvalue weighted by molar-refractivity contribution is -0.144. The molecule has 4 aromatic rings. The van der Waals surface area contributed by atoms with Crippen LogP contribution in [0.1, 0.15) is 24.5 Å². The number of nitrogens with one attached hydrogen (secondary N) is 2. The summed E-state index contributed by atoms with van der Waals surface area (Å²) >= 11 is 0. The molecule has 0 spiro atoms. The number of fused-ring (bicyclic) bond motifs is 1. The van der Waals surface area contributed by atoms with Crippen LogP contribution in [0.2, 0.25) is 0 Å². The highest BCUT2D eigenvalue weighted by Crippen LogP contribution is 2.30. The van der Waals surface area contributed by atoms with E-state index in [0.29, 0.717) is 22.5 Å². The van der Waals surface area contributed by atoms with Crippen molar-refractivity contribution in [1.82, 2.24) is 9.97 Å². The number of carbonyl (C=O) groups is 3. The smallest absolute Gasteiger partial charge is 0.310 e. The Kier molecular flexibility index (Phi) is 6.77. The van der Waals surface area contributed by atoms with E-state index in [1.807, 2.05) is 12.1 Å². The third kappa shape index (κ3) is 5.35. The molecule has 0 aliphatic heterocycles. The molecule has 0 atom stereocenters. The molecule has 0 aliphatic carbocycles. The first-order valence-electron chi connectivity index (χ1n) is 10.7. The summed E-state index contributed by atoms with van der Waals surface area (Å²) in [6.07, 6.45) is 3.53. The van der Waals surface area contributed by atoms with E-state index in [1.54, 1.807) is 49.6 Å². The Morgan fingerprint density at radius 1 is 1.06 bits per heavy atom. The zero-order chi connectivity index (χ0) is 24.1. The zero-order valence-electron chi connectivity index (χ0n) is 18.4. The van der Waals surface area contributed by atoms with Crippen molar-refractivity contribution >= 4 is 34.4 Å². The van der Waals surface area contributed by atoms with Gasteiger partial charge < -0.3 is 15.0 Å². The summed E-state index contributed by atoms with van der Waals surface area (Å²) in [5.41, 5.74) is 4.01. The van der Waals surface area contributed by atoms with Crippen LogP contribution in [-0.4, -0.2) is 27.6 Å². The Morgan fingerprint density at radius 3 is 2.68 bits per heavy atom. The van der Waals surface area contributed by atoms with Crippen LogP contribution in [0.4, 0.5) is 10.1 Å². The molecule has 0 aliphatic rings. The van der Waals surface area contributed by atoms with E-state index in [0.717, 1.165) is 16.5 Å². The number of ether oxygens (including phenoxy) is 1. The average Bonchev–Trinajstić information content (AvgIpc) is 3.26. The van der Waals surface area contributed by atoms with Gasteiger partial charge in [0.2, 0.25) is 5.78 Å². The van der Waals surface area contributed by atoms with Crippen LogP contribution >= 0.6 is 0 Å². The van der Waals surface area contributed by atoms with Crippen molar-refractivity contribution in [3.05, 3.63) is 83.9 Å². The van der Waals surface area contributed by atoms with Crippen LogP contribution in [0.15, 0.2) is 67.0 Å². The summed E-state index contributed by atoms with van der Waals surface area (Å²) < 4.78 is 18.6. The number of nitrogens with zero attached hydrogens (tertiary/aromatic N) is 1. The number of ketones is 1. The molecular weight excluding hydrogens is 437 g/mol. The molecule has 0 bridgehead atoms. The van der Waals surface area contributed by atoms with E-state index in [1.165, 1.54) is 12.1 Å². The fraction of sp³-hybridized carbons (Fsp3) is 0.154. The van der Waals surface area contributed by atoms with Gasteiger partial charge in [-0.2, -0.15) is 0 Å². The number of amides is 1. The second-order valence-corrected chi connectivity index (χ2v) is 7.72. The zero-order valence-corrected chi connectivity index (χ0v) is 18.4. The van der Waals surface area contributed by atoms with Gasteiger partial charge in [-0.3, -0.25) is 14.4 Å². The summed E-state index contributed by atoms with van der Waals surface area (Å²) in [5.74, 6) is -1.98. The molecule has 172 valence electrons. The van der Waals surface area contributed by atoms with Gasteiger partial charge >= 0.3 is 5.97 Å². The maximum atomic E-state index is 13.3. The number of rotatable bonds is 8. The first-order chi connectivity index (χ1) is 16.4. The number of aromatic amines is 1. The van der Waals surface area contributed by atoms with Crippen molar-refractivity contribution in [3.8, 4) is 11.1 Å². The predicted octanol–water partition coefficient (Wildman–Crippen LogP) is 4.57. The van der Waals surface area contributed by atoms with Gasteiger partial charge in [0.15, 0.2) is 0 Å². The molecule has 1 amide bonds. The van der Waals surface area contributed by atoms with Gasteiger partial charge in [0.1, 0.15) is 18.1 Å². The first-order valence-corrected chi connectivity index (χ1v) is 10.7. The summed E-state index contributed by atoms with van der Waals surface area (Å²) in [4.78, 5) is 43.3. The fourth-order valence-corrected chi connectivity index (χ4v) is 3.52. The molecule has 0 unspecified atom stereocenters. The fourth-order valence-electron chi connectivity index (χ4n) is 3.52. The Balaban J connectivity index is 1.50. The molecule has 2 heterocycles. The summed E-state index contributed by atoms with van der Waals surface area (Å²) in [6, 6.07) is 14.9. The lowest BCUT2D eigenvalue weighted by atomic mass is 10.0. The molecular formula is C26H22FN3O4. The SMILES string of the molecule is CCC(=O)C(=O)Nc1cccc(-c2c[nH]c3ncc(CC(=O)OCc4cccc(F)c4)cc23)c1. The lowest BCUT2D eigenvalue weighted by Gasteiger charge is -2.07. The number of hydrogen-bond acceptors (Lipinski definition) is 5. The van der Waals surface area contributed by atoms with E-state index in [9.17, 15) is 18.8 Å². The van der Waals surface area contributed by atoms with Gasteiger partial charge in [-0.25, -0.2) is 9.37 Å². The number of aromatic nitrogens is 2. The second-order valence-electron chi connectivity index (χ2n) is 7.72. The van der Waals surface area contributed by atoms with E-state index < -0.39 is 17.7 Å². The number of Topliss-reactive ketones (excluding diaryl/α,β-unsaturated/α-hetero) is 1. The molecule has 8 heteroatoms. The third-order valence-corrected chi connectivity index (χ3v) is 5.23. The van der Waals surface area contributed by atoms with Crippen LogP contribution in [0.25, 0.3) is 22.2 Å². The highest BCUT2D eigenvalue weighted by molar-refractivity contribution is 6.40. The van der Waals surface area contributed by atoms with Crippen molar-refractivity contribution in [2.75, 3.05) is 5.32 Å². The molecule has 0 fully saturated rings.